The summed E-state index contributed by atoms with van der Waals surface area (Å²) in [6.45, 7) is 6.70. The predicted molar refractivity (Wildman–Crippen MR) is 87.0 cm³/mol. The van der Waals surface area contributed by atoms with Crippen LogP contribution >= 0.6 is 0 Å². The van der Waals surface area contributed by atoms with Gasteiger partial charge in [0.05, 0.1) is 0 Å². The average Bonchev–Trinajstić information content (AvgIpc) is 2.52. The summed E-state index contributed by atoms with van der Waals surface area (Å²) in [5, 5.41) is 2.90. The van der Waals surface area contributed by atoms with Gasteiger partial charge < -0.3 is 5.32 Å². The van der Waals surface area contributed by atoms with Crippen LogP contribution in [0.15, 0.2) is 36.7 Å². The highest BCUT2D eigenvalue weighted by molar-refractivity contribution is 5.95. The molecule has 0 bridgehead atoms. The smallest absolute Gasteiger partial charge is 0.251 e. The summed E-state index contributed by atoms with van der Waals surface area (Å²) in [5.74, 6) is 0.338. The lowest BCUT2D eigenvalue weighted by Crippen LogP contribution is -2.27. The number of aromatic nitrogens is 1. The standard InChI is InChI=1S/C18H20N2O2/c1-12(2)9-20-18(22)14-4-5-16(13(3)8-14)17-6-7-19-10-15(17)11-21/h4-8,10-12H,9H2,1-3H3,(H,20,22). The lowest BCUT2D eigenvalue weighted by Gasteiger charge is -2.11. The molecule has 1 aromatic heterocycles. The predicted octanol–water partition coefficient (Wildman–Crippen LogP) is 3.26. The molecule has 0 spiro atoms. The summed E-state index contributed by atoms with van der Waals surface area (Å²) in [5.41, 5.74) is 3.89. The molecule has 0 fully saturated rings. The zero-order valence-electron chi connectivity index (χ0n) is 13.1. The van der Waals surface area contributed by atoms with Crippen LogP contribution in [0.5, 0.6) is 0 Å². The quantitative estimate of drug-likeness (QED) is 0.862. The van der Waals surface area contributed by atoms with Crippen LogP contribution in [0.3, 0.4) is 0 Å². The number of aryl methyl sites for hydroxylation is 1. The highest BCUT2D eigenvalue weighted by Crippen LogP contribution is 2.26. The zero-order valence-corrected chi connectivity index (χ0v) is 13.1. The number of carbonyl (C=O) groups excluding carboxylic acids is 2. The number of aldehydes is 1. The first kappa shape index (κ1) is 15.9. The van der Waals surface area contributed by atoms with Gasteiger partial charge in [0.15, 0.2) is 6.29 Å². The molecule has 0 aliphatic carbocycles. The van der Waals surface area contributed by atoms with E-state index in [-0.39, 0.29) is 5.91 Å². The van der Waals surface area contributed by atoms with Crippen molar-refractivity contribution in [2.75, 3.05) is 6.54 Å². The minimum Gasteiger partial charge on any atom is -0.352 e. The minimum atomic E-state index is -0.0753. The van der Waals surface area contributed by atoms with E-state index in [0.29, 0.717) is 23.6 Å². The number of amides is 1. The van der Waals surface area contributed by atoms with E-state index in [1.165, 1.54) is 0 Å². The van der Waals surface area contributed by atoms with Crippen molar-refractivity contribution in [1.29, 1.82) is 0 Å². The number of hydrogen-bond donors (Lipinski definition) is 1. The van der Waals surface area contributed by atoms with Gasteiger partial charge in [0.2, 0.25) is 0 Å². The molecule has 0 atom stereocenters. The van der Waals surface area contributed by atoms with Gasteiger partial charge in [-0.1, -0.05) is 19.9 Å². The third-order valence-electron chi connectivity index (χ3n) is 3.43. The Morgan fingerprint density at radius 3 is 2.68 bits per heavy atom. The van der Waals surface area contributed by atoms with Crippen molar-refractivity contribution in [3.05, 3.63) is 53.3 Å². The second kappa shape index (κ2) is 6.98. The van der Waals surface area contributed by atoms with E-state index in [1.807, 2.05) is 25.1 Å². The molecule has 0 saturated carbocycles. The summed E-state index contributed by atoms with van der Waals surface area (Å²) < 4.78 is 0. The Morgan fingerprint density at radius 1 is 1.27 bits per heavy atom. The van der Waals surface area contributed by atoms with Crippen LogP contribution in [0.1, 0.15) is 40.1 Å². The Balaban J connectivity index is 2.30. The van der Waals surface area contributed by atoms with Crippen molar-refractivity contribution in [1.82, 2.24) is 10.3 Å². The molecule has 0 saturated heterocycles. The molecule has 2 aromatic rings. The molecule has 2 rings (SSSR count). The second-order valence-electron chi connectivity index (χ2n) is 5.71. The third-order valence-corrected chi connectivity index (χ3v) is 3.43. The largest absolute Gasteiger partial charge is 0.352 e. The van der Waals surface area contributed by atoms with E-state index in [4.69, 9.17) is 0 Å². The van der Waals surface area contributed by atoms with Crippen molar-refractivity contribution in [2.45, 2.75) is 20.8 Å². The van der Waals surface area contributed by atoms with E-state index in [9.17, 15) is 9.59 Å². The lowest BCUT2D eigenvalue weighted by molar-refractivity contribution is 0.0948. The highest BCUT2D eigenvalue weighted by atomic mass is 16.1. The summed E-state index contributed by atoms with van der Waals surface area (Å²) in [4.78, 5) is 27.2. The molecule has 1 heterocycles. The average molecular weight is 296 g/mol. The zero-order chi connectivity index (χ0) is 16.1. The van der Waals surface area contributed by atoms with Crippen LogP contribution in [-0.2, 0) is 0 Å². The monoisotopic (exact) mass is 296 g/mol. The van der Waals surface area contributed by atoms with Crippen molar-refractivity contribution in [3.63, 3.8) is 0 Å². The normalized spacial score (nSPS) is 10.5. The topological polar surface area (TPSA) is 59.1 Å². The SMILES string of the molecule is Cc1cc(C(=O)NCC(C)C)ccc1-c1ccncc1C=O. The van der Waals surface area contributed by atoms with Crippen molar-refractivity contribution in [3.8, 4) is 11.1 Å². The van der Waals surface area contributed by atoms with Gasteiger partial charge in [-0.2, -0.15) is 0 Å². The molecule has 0 unspecified atom stereocenters. The van der Waals surface area contributed by atoms with Gasteiger partial charge in [0.25, 0.3) is 5.91 Å². The summed E-state index contributed by atoms with van der Waals surface area (Å²) in [7, 11) is 0. The fourth-order valence-corrected chi connectivity index (χ4v) is 2.25. The lowest BCUT2D eigenvalue weighted by atomic mass is 9.96. The summed E-state index contributed by atoms with van der Waals surface area (Å²) >= 11 is 0. The fraction of sp³-hybridized carbons (Fsp3) is 0.278. The number of rotatable bonds is 5. The van der Waals surface area contributed by atoms with Gasteiger partial charge in [-0.25, -0.2) is 0 Å². The van der Waals surface area contributed by atoms with Crippen LogP contribution < -0.4 is 5.32 Å². The molecule has 0 aliphatic rings. The Hall–Kier alpha value is -2.49. The van der Waals surface area contributed by atoms with Crippen LogP contribution in [0.4, 0.5) is 0 Å². The molecule has 114 valence electrons. The second-order valence-corrected chi connectivity index (χ2v) is 5.71. The van der Waals surface area contributed by atoms with Gasteiger partial charge in [-0.15, -0.1) is 0 Å². The van der Waals surface area contributed by atoms with Crippen LogP contribution in [-0.4, -0.2) is 23.7 Å². The van der Waals surface area contributed by atoms with Crippen molar-refractivity contribution in [2.24, 2.45) is 5.92 Å². The minimum absolute atomic E-state index is 0.0753. The number of carbonyl (C=O) groups is 2. The first-order valence-electron chi connectivity index (χ1n) is 7.31. The summed E-state index contributed by atoms with van der Waals surface area (Å²) in [6.07, 6.45) is 4.00. The molecule has 4 nitrogen and oxygen atoms in total. The van der Waals surface area contributed by atoms with E-state index in [2.05, 4.69) is 24.1 Å². The van der Waals surface area contributed by atoms with Gasteiger partial charge >= 0.3 is 0 Å². The molecular formula is C18H20N2O2. The van der Waals surface area contributed by atoms with E-state index in [0.717, 1.165) is 23.0 Å². The Morgan fingerprint density at radius 2 is 2.05 bits per heavy atom. The highest BCUT2D eigenvalue weighted by Gasteiger charge is 2.11. The van der Waals surface area contributed by atoms with Gasteiger partial charge in [0.1, 0.15) is 0 Å². The molecule has 22 heavy (non-hydrogen) atoms. The van der Waals surface area contributed by atoms with Crippen molar-refractivity contribution >= 4 is 12.2 Å². The van der Waals surface area contributed by atoms with Crippen LogP contribution in [0.25, 0.3) is 11.1 Å². The maximum atomic E-state index is 12.1. The first-order chi connectivity index (χ1) is 10.5. The first-order valence-corrected chi connectivity index (χ1v) is 7.31. The molecule has 1 amide bonds. The van der Waals surface area contributed by atoms with Crippen LogP contribution in [0.2, 0.25) is 0 Å². The molecule has 1 aromatic carbocycles. The Bertz CT molecular complexity index is 693. The molecular weight excluding hydrogens is 276 g/mol. The van der Waals surface area contributed by atoms with Gasteiger partial charge in [0, 0.05) is 30.1 Å². The molecule has 0 aliphatic heterocycles. The number of benzene rings is 1. The van der Waals surface area contributed by atoms with Gasteiger partial charge in [-0.05, 0) is 47.7 Å². The number of hydrogen-bond acceptors (Lipinski definition) is 3. The fourth-order valence-electron chi connectivity index (χ4n) is 2.25. The third kappa shape index (κ3) is 3.58. The number of pyridine rings is 1. The van der Waals surface area contributed by atoms with E-state index in [1.54, 1.807) is 18.5 Å². The maximum absolute atomic E-state index is 12.1. The molecule has 1 N–H and O–H groups in total. The van der Waals surface area contributed by atoms with Crippen molar-refractivity contribution < 1.29 is 9.59 Å². The van der Waals surface area contributed by atoms with E-state index < -0.39 is 0 Å². The summed E-state index contributed by atoms with van der Waals surface area (Å²) in [6, 6.07) is 7.32. The number of nitrogens with zero attached hydrogens (tertiary/aromatic N) is 1. The van der Waals surface area contributed by atoms with Gasteiger partial charge in [-0.3, -0.25) is 14.6 Å². The number of nitrogens with one attached hydrogen (secondary N) is 1. The molecule has 0 radical (unpaired) electrons. The Labute approximate surface area is 130 Å². The molecule has 4 heteroatoms. The maximum Gasteiger partial charge on any atom is 0.251 e. The Kier molecular flexibility index (Phi) is 5.04. The van der Waals surface area contributed by atoms with E-state index >= 15 is 0 Å². The van der Waals surface area contributed by atoms with Crippen LogP contribution in [0, 0.1) is 12.8 Å².